The molecule has 0 spiro atoms. The number of nitrogens with zero attached hydrogens (tertiary/aromatic N) is 1. The lowest BCUT2D eigenvalue weighted by Crippen LogP contribution is -2.41. The minimum absolute atomic E-state index is 0.0205. The number of urea groups is 1. The van der Waals surface area contributed by atoms with E-state index in [1.165, 1.54) is 0 Å². The molecule has 0 atom stereocenters. The number of amides is 2. The molecule has 1 saturated heterocycles. The molecule has 0 aromatic heterocycles. The molecular weight excluding hydrogens is 238 g/mol. The van der Waals surface area contributed by atoms with Crippen molar-refractivity contribution in [3.63, 3.8) is 0 Å². The van der Waals surface area contributed by atoms with E-state index in [1.807, 2.05) is 23.1 Å². The molecule has 1 aliphatic heterocycles. The van der Waals surface area contributed by atoms with Crippen molar-refractivity contribution in [3.8, 4) is 0 Å². The zero-order valence-corrected chi connectivity index (χ0v) is 11.7. The molecule has 1 aromatic rings. The van der Waals surface area contributed by atoms with Crippen LogP contribution in [0.4, 0.5) is 16.2 Å². The third kappa shape index (κ3) is 3.63. The van der Waals surface area contributed by atoms with Gasteiger partial charge < -0.3 is 16.0 Å². The Kier molecular flexibility index (Phi) is 4.30. The summed E-state index contributed by atoms with van der Waals surface area (Å²) in [4.78, 5) is 14.0. The van der Waals surface area contributed by atoms with Gasteiger partial charge in [0.1, 0.15) is 0 Å². The minimum Gasteiger partial charge on any atom is -0.399 e. The zero-order valence-electron chi connectivity index (χ0n) is 11.7. The van der Waals surface area contributed by atoms with E-state index in [-0.39, 0.29) is 6.03 Å². The summed E-state index contributed by atoms with van der Waals surface area (Å²) in [6, 6.07) is 7.26. The summed E-state index contributed by atoms with van der Waals surface area (Å²) < 4.78 is 0. The SMILES string of the molecule is CC(C)C1CCN(C(=O)Nc2cccc(N)c2)CC1. The second-order valence-corrected chi connectivity index (χ2v) is 5.62. The van der Waals surface area contributed by atoms with Crippen molar-refractivity contribution in [2.24, 2.45) is 11.8 Å². The van der Waals surface area contributed by atoms with E-state index in [1.54, 1.807) is 6.07 Å². The molecule has 0 unspecified atom stereocenters. The molecule has 2 rings (SSSR count). The summed E-state index contributed by atoms with van der Waals surface area (Å²) in [6.07, 6.45) is 2.20. The first-order chi connectivity index (χ1) is 9.06. The van der Waals surface area contributed by atoms with Gasteiger partial charge in [-0.2, -0.15) is 0 Å². The van der Waals surface area contributed by atoms with E-state index in [9.17, 15) is 4.79 Å². The molecule has 1 fully saturated rings. The summed E-state index contributed by atoms with van der Waals surface area (Å²) in [6.45, 7) is 6.20. The maximum absolute atomic E-state index is 12.1. The summed E-state index contributed by atoms with van der Waals surface area (Å²) in [5.74, 6) is 1.45. The number of hydrogen-bond donors (Lipinski definition) is 2. The molecule has 1 aromatic carbocycles. The fourth-order valence-electron chi connectivity index (χ4n) is 2.59. The van der Waals surface area contributed by atoms with Crippen molar-refractivity contribution in [3.05, 3.63) is 24.3 Å². The molecule has 4 heteroatoms. The molecule has 1 aliphatic rings. The number of nitrogen functional groups attached to an aromatic ring is 1. The Hall–Kier alpha value is -1.71. The minimum atomic E-state index is -0.0205. The van der Waals surface area contributed by atoms with Gasteiger partial charge in [0.15, 0.2) is 0 Å². The highest BCUT2D eigenvalue weighted by molar-refractivity contribution is 5.89. The highest BCUT2D eigenvalue weighted by Crippen LogP contribution is 2.24. The Morgan fingerprint density at radius 2 is 2.05 bits per heavy atom. The molecule has 1 heterocycles. The van der Waals surface area contributed by atoms with Crippen LogP contribution in [0.1, 0.15) is 26.7 Å². The van der Waals surface area contributed by atoms with Gasteiger partial charge in [-0.1, -0.05) is 19.9 Å². The monoisotopic (exact) mass is 261 g/mol. The van der Waals surface area contributed by atoms with Crippen LogP contribution in [0.25, 0.3) is 0 Å². The van der Waals surface area contributed by atoms with Crippen LogP contribution in [0.3, 0.4) is 0 Å². The number of nitrogens with one attached hydrogen (secondary N) is 1. The maximum Gasteiger partial charge on any atom is 0.321 e. The Morgan fingerprint density at radius 1 is 1.37 bits per heavy atom. The Labute approximate surface area is 115 Å². The first-order valence-electron chi connectivity index (χ1n) is 6.97. The normalized spacial score (nSPS) is 16.7. The van der Waals surface area contributed by atoms with Gasteiger partial charge in [-0.15, -0.1) is 0 Å². The van der Waals surface area contributed by atoms with E-state index < -0.39 is 0 Å². The number of anilines is 2. The van der Waals surface area contributed by atoms with Crippen LogP contribution in [0.5, 0.6) is 0 Å². The number of rotatable bonds is 2. The highest BCUT2D eigenvalue weighted by Gasteiger charge is 2.24. The molecule has 0 aliphatic carbocycles. The first kappa shape index (κ1) is 13.7. The topological polar surface area (TPSA) is 58.4 Å². The van der Waals surface area contributed by atoms with E-state index in [4.69, 9.17) is 5.73 Å². The molecular formula is C15H23N3O. The fraction of sp³-hybridized carbons (Fsp3) is 0.533. The van der Waals surface area contributed by atoms with Crippen molar-refractivity contribution < 1.29 is 4.79 Å². The Balaban J connectivity index is 1.88. The average molecular weight is 261 g/mol. The van der Waals surface area contributed by atoms with Crippen molar-refractivity contribution >= 4 is 17.4 Å². The van der Waals surface area contributed by atoms with E-state index in [0.717, 1.165) is 37.5 Å². The van der Waals surface area contributed by atoms with Crippen LogP contribution < -0.4 is 11.1 Å². The molecule has 4 nitrogen and oxygen atoms in total. The van der Waals surface area contributed by atoms with Gasteiger partial charge in [-0.05, 0) is 42.9 Å². The van der Waals surface area contributed by atoms with Crippen LogP contribution in [0.15, 0.2) is 24.3 Å². The summed E-state index contributed by atoms with van der Waals surface area (Å²) >= 11 is 0. The van der Waals surface area contributed by atoms with Crippen LogP contribution in [-0.2, 0) is 0 Å². The lowest BCUT2D eigenvalue weighted by Gasteiger charge is -2.33. The van der Waals surface area contributed by atoms with Gasteiger partial charge in [0.05, 0.1) is 0 Å². The summed E-state index contributed by atoms with van der Waals surface area (Å²) in [5, 5.41) is 2.90. The van der Waals surface area contributed by atoms with Crippen LogP contribution in [-0.4, -0.2) is 24.0 Å². The third-order valence-electron chi connectivity index (χ3n) is 3.91. The van der Waals surface area contributed by atoms with Crippen molar-refractivity contribution in [1.82, 2.24) is 4.90 Å². The Bertz CT molecular complexity index is 437. The number of piperidine rings is 1. The lowest BCUT2D eigenvalue weighted by molar-refractivity contribution is 0.167. The maximum atomic E-state index is 12.1. The number of hydrogen-bond acceptors (Lipinski definition) is 2. The second kappa shape index (κ2) is 5.95. The summed E-state index contributed by atoms with van der Waals surface area (Å²) in [7, 11) is 0. The molecule has 2 amide bonds. The fourth-order valence-corrected chi connectivity index (χ4v) is 2.59. The largest absolute Gasteiger partial charge is 0.399 e. The number of nitrogens with two attached hydrogens (primary N) is 1. The van der Waals surface area contributed by atoms with E-state index in [2.05, 4.69) is 19.2 Å². The number of benzene rings is 1. The van der Waals surface area contributed by atoms with Gasteiger partial charge in [0.2, 0.25) is 0 Å². The smallest absolute Gasteiger partial charge is 0.321 e. The van der Waals surface area contributed by atoms with Crippen molar-refractivity contribution in [2.75, 3.05) is 24.1 Å². The van der Waals surface area contributed by atoms with Crippen LogP contribution >= 0.6 is 0 Å². The Morgan fingerprint density at radius 3 is 2.63 bits per heavy atom. The number of likely N-dealkylation sites (tertiary alicyclic amines) is 1. The number of carbonyl (C=O) groups excluding carboxylic acids is 1. The molecule has 0 saturated carbocycles. The van der Waals surface area contributed by atoms with Crippen molar-refractivity contribution in [1.29, 1.82) is 0 Å². The predicted octanol–water partition coefficient (Wildman–Crippen LogP) is 3.17. The lowest BCUT2D eigenvalue weighted by atomic mass is 9.87. The van der Waals surface area contributed by atoms with Crippen molar-refractivity contribution in [2.45, 2.75) is 26.7 Å². The molecule has 104 valence electrons. The third-order valence-corrected chi connectivity index (χ3v) is 3.91. The standard InChI is InChI=1S/C15H23N3O/c1-11(2)12-6-8-18(9-7-12)15(19)17-14-5-3-4-13(16)10-14/h3-5,10-12H,6-9,16H2,1-2H3,(H,17,19). The molecule has 0 bridgehead atoms. The van der Waals surface area contributed by atoms with Gasteiger partial charge in [0.25, 0.3) is 0 Å². The van der Waals surface area contributed by atoms with Gasteiger partial charge >= 0.3 is 6.03 Å². The molecule has 19 heavy (non-hydrogen) atoms. The van der Waals surface area contributed by atoms with E-state index >= 15 is 0 Å². The van der Waals surface area contributed by atoms with Gasteiger partial charge in [-0.3, -0.25) is 0 Å². The average Bonchev–Trinajstić information content (AvgIpc) is 2.39. The van der Waals surface area contributed by atoms with E-state index in [0.29, 0.717) is 11.6 Å². The zero-order chi connectivity index (χ0) is 13.8. The highest BCUT2D eigenvalue weighted by atomic mass is 16.2. The molecule has 0 radical (unpaired) electrons. The van der Waals surface area contributed by atoms with Crippen LogP contribution in [0.2, 0.25) is 0 Å². The first-order valence-corrected chi connectivity index (χ1v) is 6.97. The molecule has 3 N–H and O–H groups in total. The van der Waals surface area contributed by atoms with Gasteiger partial charge in [-0.25, -0.2) is 4.79 Å². The van der Waals surface area contributed by atoms with Crippen LogP contribution in [0, 0.1) is 11.8 Å². The quantitative estimate of drug-likeness (QED) is 0.803. The van der Waals surface area contributed by atoms with Gasteiger partial charge in [0, 0.05) is 24.5 Å². The number of carbonyl (C=O) groups is 1. The summed E-state index contributed by atoms with van der Waals surface area (Å²) in [5.41, 5.74) is 7.12. The predicted molar refractivity (Wildman–Crippen MR) is 79.0 cm³/mol. The second-order valence-electron chi connectivity index (χ2n) is 5.62.